The van der Waals surface area contributed by atoms with Gasteiger partial charge in [-0.05, 0) is 57.8 Å². The molecule has 0 saturated carbocycles. The fourth-order valence-electron chi connectivity index (χ4n) is 12.6. The molecule has 0 saturated heterocycles. The van der Waals surface area contributed by atoms with Crippen molar-refractivity contribution in [3.63, 3.8) is 0 Å². The monoisotopic (exact) mass is 1200 g/mol. The molecule has 85 heavy (non-hydrogen) atoms. The Kier molecular flexibility index (Phi) is 73.3. The highest BCUT2D eigenvalue weighted by Crippen LogP contribution is 2.20. The van der Waals surface area contributed by atoms with Gasteiger partial charge < -0.3 is 20.3 Å². The van der Waals surface area contributed by atoms with Gasteiger partial charge in [-0.25, -0.2) is 0 Å². The van der Waals surface area contributed by atoms with Gasteiger partial charge in [0.1, 0.15) is 0 Å². The lowest BCUT2D eigenvalue weighted by Crippen LogP contribution is -2.45. The number of aliphatic hydroxyl groups excluding tert-OH is 2. The van der Waals surface area contributed by atoms with Crippen LogP contribution in [0.1, 0.15) is 444 Å². The summed E-state index contributed by atoms with van der Waals surface area (Å²) in [7, 11) is 0. The highest BCUT2D eigenvalue weighted by atomic mass is 16.5. The quantitative estimate of drug-likeness (QED) is 0.0320. The van der Waals surface area contributed by atoms with Gasteiger partial charge in [-0.2, -0.15) is 0 Å². The van der Waals surface area contributed by atoms with E-state index in [9.17, 15) is 19.8 Å². The summed E-state index contributed by atoms with van der Waals surface area (Å²) in [6.07, 6.45) is 95.6. The van der Waals surface area contributed by atoms with Crippen LogP contribution in [-0.4, -0.2) is 47.4 Å². The number of amides is 1. The van der Waals surface area contributed by atoms with E-state index < -0.39 is 12.1 Å². The Bertz CT molecular complexity index is 1330. The topological polar surface area (TPSA) is 95.9 Å². The molecular formula is C79H153NO5. The van der Waals surface area contributed by atoms with Crippen LogP contribution in [0.3, 0.4) is 0 Å². The van der Waals surface area contributed by atoms with Crippen LogP contribution in [0.5, 0.6) is 0 Å². The van der Waals surface area contributed by atoms with Gasteiger partial charge in [0.2, 0.25) is 5.91 Å². The second-order valence-corrected chi connectivity index (χ2v) is 27.0. The Balaban J connectivity index is 3.34. The lowest BCUT2D eigenvalue weighted by Gasteiger charge is -2.22. The summed E-state index contributed by atoms with van der Waals surface area (Å²) >= 11 is 0. The van der Waals surface area contributed by atoms with Crippen molar-refractivity contribution in [3.05, 3.63) is 24.3 Å². The van der Waals surface area contributed by atoms with E-state index in [2.05, 4.69) is 43.5 Å². The van der Waals surface area contributed by atoms with Gasteiger partial charge in [0.25, 0.3) is 0 Å². The van der Waals surface area contributed by atoms with Crippen LogP contribution in [0, 0.1) is 0 Å². The number of esters is 1. The number of aliphatic hydroxyl groups is 2. The van der Waals surface area contributed by atoms with E-state index in [1.807, 2.05) is 0 Å². The number of hydrogen-bond acceptors (Lipinski definition) is 5. The van der Waals surface area contributed by atoms with E-state index in [4.69, 9.17) is 4.74 Å². The van der Waals surface area contributed by atoms with Crippen molar-refractivity contribution in [1.29, 1.82) is 0 Å². The van der Waals surface area contributed by atoms with E-state index in [1.54, 1.807) is 0 Å². The standard InChI is InChI=1S/C79H153NO5/c1-3-5-7-9-11-13-15-17-18-44-48-51-55-59-63-67-71-77(82)76(75-81)80-78(83)72-68-64-60-56-52-49-45-42-40-38-36-34-32-30-28-26-24-22-20-19-21-23-25-27-29-31-33-35-37-39-41-43-46-50-54-58-62-66-70-74-85-79(84)73-69-65-61-57-53-47-16-14-12-10-8-6-4-2/h19-20,23,25,76-77,81-82H,3-18,21-22,24,26-75H2,1-2H3,(H,80,83)/b20-19-,25-23-. The van der Waals surface area contributed by atoms with E-state index in [-0.39, 0.29) is 18.5 Å². The molecule has 0 heterocycles. The minimum atomic E-state index is -0.662. The Morgan fingerprint density at radius 2 is 0.588 bits per heavy atom. The number of nitrogens with one attached hydrogen (secondary N) is 1. The molecule has 0 spiro atoms. The molecule has 0 aromatic heterocycles. The molecule has 0 aliphatic carbocycles. The Hall–Kier alpha value is -1.66. The van der Waals surface area contributed by atoms with Crippen LogP contribution in [0.4, 0.5) is 0 Å². The average Bonchev–Trinajstić information content (AvgIpc) is 3.54. The zero-order chi connectivity index (χ0) is 61.3. The molecular weight excluding hydrogens is 1040 g/mol. The summed E-state index contributed by atoms with van der Waals surface area (Å²) in [6.45, 7) is 5.00. The predicted molar refractivity (Wildman–Crippen MR) is 375 cm³/mol. The van der Waals surface area contributed by atoms with Gasteiger partial charge in [0.05, 0.1) is 25.4 Å². The van der Waals surface area contributed by atoms with Crippen LogP contribution < -0.4 is 5.32 Å². The maximum absolute atomic E-state index is 12.5. The van der Waals surface area contributed by atoms with Gasteiger partial charge in [-0.3, -0.25) is 9.59 Å². The van der Waals surface area contributed by atoms with Gasteiger partial charge in [0.15, 0.2) is 0 Å². The number of hydrogen-bond donors (Lipinski definition) is 3. The van der Waals surface area contributed by atoms with Crippen molar-refractivity contribution >= 4 is 11.9 Å². The Morgan fingerprint density at radius 3 is 0.894 bits per heavy atom. The minimum absolute atomic E-state index is 0.0227. The van der Waals surface area contributed by atoms with Crippen LogP contribution in [-0.2, 0) is 14.3 Å². The van der Waals surface area contributed by atoms with E-state index in [0.717, 1.165) is 44.9 Å². The largest absolute Gasteiger partial charge is 0.466 e. The van der Waals surface area contributed by atoms with Crippen molar-refractivity contribution in [2.24, 2.45) is 0 Å². The van der Waals surface area contributed by atoms with Crippen LogP contribution in [0.25, 0.3) is 0 Å². The van der Waals surface area contributed by atoms with Gasteiger partial charge in [-0.15, -0.1) is 0 Å². The third-order valence-corrected chi connectivity index (χ3v) is 18.5. The molecule has 504 valence electrons. The molecule has 0 aliphatic rings. The van der Waals surface area contributed by atoms with Gasteiger partial charge in [-0.1, -0.05) is 398 Å². The summed E-state index contributed by atoms with van der Waals surface area (Å²) < 4.78 is 5.49. The maximum atomic E-state index is 12.5. The molecule has 2 unspecified atom stereocenters. The van der Waals surface area contributed by atoms with E-state index >= 15 is 0 Å². The smallest absolute Gasteiger partial charge is 0.305 e. The zero-order valence-electron chi connectivity index (χ0n) is 57.9. The molecule has 2 atom stereocenters. The lowest BCUT2D eigenvalue weighted by molar-refractivity contribution is -0.143. The van der Waals surface area contributed by atoms with Crippen LogP contribution in [0.15, 0.2) is 24.3 Å². The SMILES string of the molecule is CCCCCCCCCCCCCCCCCCC(O)C(CO)NC(=O)CCCCCCCCCCCCCCCCCCC/C=C\C/C=C\CCCCCCCCCCCCCCCCCOC(=O)CCCCCCCCCCCCCCC. The number of carbonyl (C=O) groups is 2. The minimum Gasteiger partial charge on any atom is -0.466 e. The molecule has 6 heteroatoms. The van der Waals surface area contributed by atoms with E-state index in [0.29, 0.717) is 25.9 Å². The molecule has 0 fully saturated rings. The normalized spacial score (nSPS) is 12.6. The molecule has 0 bridgehead atoms. The van der Waals surface area contributed by atoms with Gasteiger partial charge >= 0.3 is 5.97 Å². The number of unbranched alkanes of at least 4 members (excludes halogenated alkanes) is 59. The summed E-state index contributed by atoms with van der Waals surface area (Å²) in [4.78, 5) is 24.6. The third-order valence-electron chi connectivity index (χ3n) is 18.5. The number of carbonyl (C=O) groups excluding carboxylic acids is 2. The number of allylic oxidation sites excluding steroid dienone is 4. The highest BCUT2D eigenvalue weighted by molar-refractivity contribution is 5.76. The van der Waals surface area contributed by atoms with Crippen molar-refractivity contribution in [3.8, 4) is 0 Å². The van der Waals surface area contributed by atoms with Crippen LogP contribution >= 0.6 is 0 Å². The lowest BCUT2D eigenvalue weighted by atomic mass is 10.0. The molecule has 0 rings (SSSR count). The fraction of sp³-hybridized carbons (Fsp3) is 0.924. The highest BCUT2D eigenvalue weighted by Gasteiger charge is 2.20. The molecule has 6 nitrogen and oxygen atoms in total. The molecule has 0 aromatic carbocycles. The molecule has 0 radical (unpaired) electrons. The molecule has 0 aromatic rings. The third kappa shape index (κ3) is 71.3. The summed E-state index contributed by atoms with van der Waals surface area (Å²) in [5, 5.41) is 23.4. The Labute approximate surface area is 532 Å². The number of rotatable bonds is 74. The summed E-state index contributed by atoms with van der Waals surface area (Å²) in [6, 6.07) is -0.539. The Morgan fingerprint density at radius 1 is 0.329 bits per heavy atom. The van der Waals surface area contributed by atoms with Crippen LogP contribution in [0.2, 0.25) is 0 Å². The summed E-state index contributed by atoms with van der Waals surface area (Å²) in [5.41, 5.74) is 0. The number of ether oxygens (including phenoxy) is 1. The second kappa shape index (κ2) is 74.8. The molecule has 3 N–H and O–H groups in total. The van der Waals surface area contributed by atoms with Crippen molar-refractivity contribution in [1.82, 2.24) is 5.32 Å². The average molecular weight is 1200 g/mol. The predicted octanol–water partition coefficient (Wildman–Crippen LogP) is 25.7. The summed E-state index contributed by atoms with van der Waals surface area (Å²) in [5.74, 6) is -0.00537. The first-order valence-electron chi connectivity index (χ1n) is 39.1. The molecule has 1 amide bonds. The van der Waals surface area contributed by atoms with E-state index in [1.165, 1.54) is 366 Å². The van der Waals surface area contributed by atoms with Crippen molar-refractivity contribution in [2.75, 3.05) is 13.2 Å². The fourth-order valence-corrected chi connectivity index (χ4v) is 12.6. The maximum Gasteiger partial charge on any atom is 0.305 e. The zero-order valence-corrected chi connectivity index (χ0v) is 57.9. The van der Waals surface area contributed by atoms with Gasteiger partial charge in [0, 0.05) is 12.8 Å². The second-order valence-electron chi connectivity index (χ2n) is 27.0. The first kappa shape index (κ1) is 83.3. The van der Waals surface area contributed by atoms with Crippen molar-refractivity contribution in [2.45, 2.75) is 456 Å². The first-order chi connectivity index (χ1) is 42.0. The van der Waals surface area contributed by atoms with Crippen molar-refractivity contribution < 1.29 is 24.5 Å². The first-order valence-corrected chi connectivity index (χ1v) is 39.1. The molecule has 0 aliphatic heterocycles.